The molecule has 3 aromatic carbocycles. The van der Waals surface area contributed by atoms with E-state index in [0.29, 0.717) is 22.7 Å². The van der Waals surface area contributed by atoms with Crippen LogP contribution in [0.4, 0.5) is 5.69 Å². The molecule has 4 rings (SSSR count). The highest BCUT2D eigenvalue weighted by Crippen LogP contribution is 2.36. The summed E-state index contributed by atoms with van der Waals surface area (Å²) in [6.07, 6.45) is 2.58. The van der Waals surface area contributed by atoms with Crippen LogP contribution in [0.25, 0.3) is 0 Å². The summed E-state index contributed by atoms with van der Waals surface area (Å²) in [6, 6.07) is 18.0. The van der Waals surface area contributed by atoms with Gasteiger partial charge in [0.1, 0.15) is 28.2 Å². The summed E-state index contributed by atoms with van der Waals surface area (Å²) in [5, 5.41) is 0. The Labute approximate surface area is 194 Å². The van der Waals surface area contributed by atoms with E-state index in [2.05, 4.69) is 10.8 Å². The molecule has 1 unspecified atom stereocenters. The number of sulfonamides is 1. The van der Waals surface area contributed by atoms with Crippen molar-refractivity contribution in [2.75, 3.05) is 20.0 Å². The second-order valence-electron chi connectivity index (χ2n) is 7.91. The zero-order chi connectivity index (χ0) is 23.4. The maximum atomic E-state index is 13.3. The molecule has 0 fully saturated rings. The minimum absolute atomic E-state index is 0.0121. The molecule has 0 saturated carbocycles. The standard InChI is InChI=1S/C25H28N2O5S/c1-30-20-12-10-18(24(15-20)31-2)16-27-33(28,29)25-14-19(26)11-13-23(25)32-22-9-5-7-17-6-3-4-8-21(17)22/h3-4,6,8,10-15,22,27H,5,7,9,16,26H2,1-2H3. The smallest absolute Gasteiger partial charge is 0.244 e. The van der Waals surface area contributed by atoms with Crippen molar-refractivity contribution in [3.63, 3.8) is 0 Å². The third-order valence-corrected chi connectivity index (χ3v) is 7.21. The fourth-order valence-corrected chi connectivity index (χ4v) is 5.24. The molecule has 0 spiro atoms. The molecule has 7 nitrogen and oxygen atoms in total. The molecule has 1 atom stereocenters. The van der Waals surface area contributed by atoms with Gasteiger partial charge in [0.05, 0.1) is 14.2 Å². The quantitative estimate of drug-likeness (QED) is 0.480. The van der Waals surface area contributed by atoms with Gasteiger partial charge in [0.25, 0.3) is 0 Å². The van der Waals surface area contributed by atoms with Crippen LogP contribution in [0.5, 0.6) is 17.2 Å². The monoisotopic (exact) mass is 468 g/mol. The molecule has 174 valence electrons. The SMILES string of the molecule is COc1ccc(CNS(=O)(=O)c2cc(N)ccc2OC2CCCc3ccccc32)c(OC)c1. The van der Waals surface area contributed by atoms with Crippen LogP contribution in [0, 0.1) is 0 Å². The summed E-state index contributed by atoms with van der Waals surface area (Å²) >= 11 is 0. The lowest BCUT2D eigenvalue weighted by Gasteiger charge is -2.27. The average molecular weight is 469 g/mol. The van der Waals surface area contributed by atoms with Crippen LogP contribution in [0.1, 0.15) is 35.6 Å². The van der Waals surface area contributed by atoms with Crippen molar-refractivity contribution in [3.05, 3.63) is 77.4 Å². The number of nitrogen functional groups attached to an aromatic ring is 1. The van der Waals surface area contributed by atoms with Crippen molar-refractivity contribution in [1.82, 2.24) is 4.72 Å². The van der Waals surface area contributed by atoms with Crippen LogP contribution < -0.4 is 24.7 Å². The Hall–Kier alpha value is -3.23. The molecule has 0 saturated heterocycles. The van der Waals surface area contributed by atoms with Gasteiger partial charge in [-0.05, 0) is 54.7 Å². The van der Waals surface area contributed by atoms with Gasteiger partial charge in [0, 0.05) is 23.9 Å². The molecule has 1 aliphatic carbocycles. The molecule has 0 aliphatic heterocycles. The predicted molar refractivity (Wildman–Crippen MR) is 127 cm³/mol. The Morgan fingerprint density at radius 1 is 1.00 bits per heavy atom. The molecular weight excluding hydrogens is 440 g/mol. The van der Waals surface area contributed by atoms with Crippen LogP contribution in [-0.4, -0.2) is 22.6 Å². The number of nitrogens with two attached hydrogens (primary N) is 1. The first kappa shape index (κ1) is 22.9. The summed E-state index contributed by atoms with van der Waals surface area (Å²) in [5.41, 5.74) is 9.29. The van der Waals surface area contributed by atoms with E-state index < -0.39 is 10.0 Å². The number of hydrogen-bond donors (Lipinski definition) is 2. The van der Waals surface area contributed by atoms with E-state index in [0.717, 1.165) is 24.8 Å². The first-order valence-corrected chi connectivity index (χ1v) is 12.2. The molecule has 33 heavy (non-hydrogen) atoms. The zero-order valence-corrected chi connectivity index (χ0v) is 19.5. The van der Waals surface area contributed by atoms with Crippen LogP contribution in [0.15, 0.2) is 65.6 Å². The predicted octanol–water partition coefficient (Wildman–Crippen LogP) is 4.22. The Morgan fingerprint density at radius 3 is 2.61 bits per heavy atom. The number of nitrogens with one attached hydrogen (secondary N) is 1. The summed E-state index contributed by atoms with van der Waals surface area (Å²) in [4.78, 5) is 0.0121. The molecule has 3 N–H and O–H groups in total. The Bertz CT molecular complexity index is 1240. The number of anilines is 1. The van der Waals surface area contributed by atoms with Crippen LogP contribution in [0.2, 0.25) is 0 Å². The topological polar surface area (TPSA) is 99.9 Å². The van der Waals surface area contributed by atoms with E-state index in [1.54, 1.807) is 37.4 Å². The summed E-state index contributed by atoms with van der Waals surface area (Å²) < 4.78 is 46.0. The van der Waals surface area contributed by atoms with Gasteiger partial charge in [-0.25, -0.2) is 13.1 Å². The summed E-state index contributed by atoms with van der Waals surface area (Å²) in [7, 11) is -0.837. The largest absolute Gasteiger partial charge is 0.497 e. The number of methoxy groups -OCH3 is 2. The van der Waals surface area contributed by atoms with E-state index in [9.17, 15) is 8.42 Å². The lowest BCUT2D eigenvalue weighted by molar-refractivity contribution is 0.178. The van der Waals surface area contributed by atoms with Crippen molar-refractivity contribution < 1.29 is 22.6 Å². The molecule has 0 bridgehead atoms. The number of aryl methyl sites for hydroxylation is 1. The van der Waals surface area contributed by atoms with Crippen LogP contribution in [0.3, 0.4) is 0 Å². The number of fused-ring (bicyclic) bond motifs is 1. The highest BCUT2D eigenvalue weighted by atomic mass is 32.2. The molecule has 8 heteroatoms. The minimum atomic E-state index is -3.92. The van der Waals surface area contributed by atoms with Crippen molar-refractivity contribution in [2.24, 2.45) is 0 Å². The fourth-order valence-electron chi connectivity index (χ4n) is 4.07. The third-order valence-electron chi connectivity index (χ3n) is 5.79. The second kappa shape index (κ2) is 9.72. The Kier molecular flexibility index (Phi) is 6.76. The molecule has 0 radical (unpaired) electrons. The molecule has 0 heterocycles. The summed E-state index contributed by atoms with van der Waals surface area (Å²) in [6.45, 7) is 0.0377. The maximum Gasteiger partial charge on any atom is 0.244 e. The first-order valence-electron chi connectivity index (χ1n) is 10.8. The molecule has 3 aromatic rings. The summed E-state index contributed by atoms with van der Waals surface area (Å²) in [5.74, 6) is 1.43. The number of rotatable bonds is 8. The third kappa shape index (κ3) is 5.07. The highest BCUT2D eigenvalue weighted by Gasteiger charge is 2.26. The average Bonchev–Trinajstić information content (AvgIpc) is 2.84. The van der Waals surface area contributed by atoms with Gasteiger partial charge in [-0.3, -0.25) is 0 Å². The molecule has 1 aliphatic rings. The maximum absolute atomic E-state index is 13.3. The van der Waals surface area contributed by atoms with Crippen molar-refractivity contribution in [1.29, 1.82) is 0 Å². The lowest BCUT2D eigenvalue weighted by atomic mass is 9.89. The van der Waals surface area contributed by atoms with E-state index in [1.165, 1.54) is 18.7 Å². The van der Waals surface area contributed by atoms with Crippen molar-refractivity contribution >= 4 is 15.7 Å². The Morgan fingerprint density at radius 2 is 1.82 bits per heavy atom. The van der Waals surface area contributed by atoms with Crippen LogP contribution >= 0.6 is 0 Å². The van der Waals surface area contributed by atoms with Gasteiger partial charge in [-0.15, -0.1) is 0 Å². The fraction of sp³-hybridized carbons (Fsp3) is 0.280. The highest BCUT2D eigenvalue weighted by molar-refractivity contribution is 7.89. The second-order valence-corrected chi connectivity index (χ2v) is 9.64. The van der Waals surface area contributed by atoms with Gasteiger partial charge in [-0.1, -0.05) is 30.3 Å². The van der Waals surface area contributed by atoms with Crippen molar-refractivity contribution in [3.8, 4) is 17.2 Å². The Balaban J connectivity index is 1.59. The van der Waals surface area contributed by atoms with Gasteiger partial charge in [0.15, 0.2) is 0 Å². The van der Waals surface area contributed by atoms with Gasteiger partial charge < -0.3 is 19.9 Å². The van der Waals surface area contributed by atoms with Gasteiger partial charge in [0.2, 0.25) is 10.0 Å². The van der Waals surface area contributed by atoms with E-state index in [1.807, 2.05) is 18.2 Å². The number of benzene rings is 3. The first-order chi connectivity index (χ1) is 15.9. The minimum Gasteiger partial charge on any atom is -0.497 e. The molecule has 0 amide bonds. The molecular formula is C25H28N2O5S. The van der Waals surface area contributed by atoms with E-state index in [-0.39, 0.29) is 23.3 Å². The number of hydrogen-bond acceptors (Lipinski definition) is 6. The normalized spacial score (nSPS) is 15.5. The van der Waals surface area contributed by atoms with Crippen LogP contribution in [-0.2, 0) is 23.0 Å². The zero-order valence-electron chi connectivity index (χ0n) is 18.7. The lowest BCUT2D eigenvalue weighted by Crippen LogP contribution is -2.25. The van der Waals surface area contributed by atoms with Gasteiger partial charge >= 0.3 is 0 Å². The molecule has 0 aromatic heterocycles. The van der Waals surface area contributed by atoms with Crippen molar-refractivity contribution in [2.45, 2.75) is 36.8 Å². The van der Waals surface area contributed by atoms with E-state index in [4.69, 9.17) is 19.9 Å². The number of ether oxygens (including phenoxy) is 3. The van der Waals surface area contributed by atoms with Gasteiger partial charge in [-0.2, -0.15) is 0 Å². The van der Waals surface area contributed by atoms with E-state index >= 15 is 0 Å².